The highest BCUT2D eigenvalue weighted by Gasteiger charge is 2.31. The maximum absolute atomic E-state index is 13.4. The maximum Gasteiger partial charge on any atom is 0.272 e. The molecule has 1 aliphatic carbocycles. The van der Waals surface area contributed by atoms with Crippen LogP contribution in [0.3, 0.4) is 0 Å². The Morgan fingerprint density at radius 3 is 2.82 bits per heavy atom. The van der Waals surface area contributed by atoms with Gasteiger partial charge in [0.05, 0.1) is 6.04 Å². The van der Waals surface area contributed by atoms with Gasteiger partial charge in [-0.2, -0.15) is 5.10 Å². The summed E-state index contributed by atoms with van der Waals surface area (Å²) in [5.41, 5.74) is 4.05. The number of pyridine rings is 1. The quantitative estimate of drug-likeness (QED) is 0.690. The summed E-state index contributed by atoms with van der Waals surface area (Å²) in [5.74, 6) is -0.331. The minimum Gasteiger partial charge on any atom is -0.326 e. The molecular formula is C22H22N4O2. The predicted octanol–water partition coefficient (Wildman–Crippen LogP) is 3.73. The number of aromatic amines is 1. The third-order valence-electron chi connectivity index (χ3n) is 5.22. The van der Waals surface area contributed by atoms with Crippen molar-refractivity contribution >= 4 is 11.7 Å². The molecule has 6 nitrogen and oxygen atoms in total. The number of rotatable bonds is 5. The maximum atomic E-state index is 13.4. The fraction of sp³-hybridized carbons (Fsp3) is 0.273. The second-order valence-electron chi connectivity index (χ2n) is 7.12. The van der Waals surface area contributed by atoms with Gasteiger partial charge in [0.1, 0.15) is 11.4 Å². The first-order valence-corrected chi connectivity index (χ1v) is 9.47. The molecule has 1 aliphatic rings. The Hall–Kier alpha value is -3.28. The molecule has 0 unspecified atom stereocenters. The summed E-state index contributed by atoms with van der Waals surface area (Å²) >= 11 is 0. The molecule has 0 radical (unpaired) electrons. The van der Waals surface area contributed by atoms with Crippen molar-refractivity contribution < 1.29 is 9.59 Å². The summed E-state index contributed by atoms with van der Waals surface area (Å²) in [6.07, 6.45) is 6.46. The molecule has 1 aromatic carbocycles. The number of fused-ring (bicyclic) bond motifs is 1. The van der Waals surface area contributed by atoms with Gasteiger partial charge in [-0.3, -0.25) is 19.7 Å². The summed E-state index contributed by atoms with van der Waals surface area (Å²) in [4.78, 5) is 31.1. The number of aryl methyl sites for hydroxylation is 1. The van der Waals surface area contributed by atoms with Crippen molar-refractivity contribution in [2.75, 3.05) is 0 Å². The van der Waals surface area contributed by atoms with Gasteiger partial charge in [0.15, 0.2) is 5.78 Å². The molecule has 142 valence electrons. The van der Waals surface area contributed by atoms with Crippen molar-refractivity contribution in [1.29, 1.82) is 0 Å². The monoisotopic (exact) mass is 374 g/mol. The molecule has 0 saturated heterocycles. The van der Waals surface area contributed by atoms with E-state index in [0.29, 0.717) is 12.2 Å². The number of aromatic nitrogens is 3. The van der Waals surface area contributed by atoms with E-state index in [1.165, 1.54) is 24.1 Å². The van der Waals surface area contributed by atoms with Gasteiger partial charge in [0.2, 0.25) is 0 Å². The molecule has 1 atom stereocenters. The van der Waals surface area contributed by atoms with Gasteiger partial charge in [0, 0.05) is 25.9 Å². The van der Waals surface area contributed by atoms with E-state index in [2.05, 4.69) is 27.3 Å². The zero-order chi connectivity index (χ0) is 19.5. The van der Waals surface area contributed by atoms with Crippen LogP contribution in [-0.4, -0.2) is 31.8 Å². The fourth-order valence-corrected chi connectivity index (χ4v) is 3.83. The number of nitrogens with zero attached hydrogens (tertiary/aromatic N) is 3. The molecule has 3 aromatic rings. The molecule has 4 rings (SSSR count). The van der Waals surface area contributed by atoms with Crippen LogP contribution in [0.15, 0.2) is 54.9 Å². The standard InChI is InChI=1S/C22H22N4O2/c1-15(27)19-12-20(25-24-19)22(28)26(14-16-6-5-11-23-13-16)21-10-4-8-17-7-2-3-9-18(17)21/h2-3,5-7,9,11-13,21H,4,8,10,14H2,1H3,(H,24,25)/t21-/m0/s1. The molecule has 2 heterocycles. The lowest BCUT2D eigenvalue weighted by Gasteiger charge is -2.35. The van der Waals surface area contributed by atoms with E-state index >= 15 is 0 Å². The fourth-order valence-electron chi connectivity index (χ4n) is 3.83. The molecule has 1 amide bonds. The van der Waals surface area contributed by atoms with E-state index in [4.69, 9.17) is 0 Å². The Labute approximate surface area is 163 Å². The first-order chi connectivity index (χ1) is 13.6. The number of Topliss-reactive ketones (excluding diaryl/α,β-unsaturated/α-hetero) is 1. The van der Waals surface area contributed by atoms with Crippen molar-refractivity contribution in [1.82, 2.24) is 20.1 Å². The molecule has 6 heteroatoms. The molecule has 1 N–H and O–H groups in total. The van der Waals surface area contributed by atoms with E-state index in [1.54, 1.807) is 12.4 Å². The molecule has 0 fully saturated rings. The number of ketones is 1. The normalized spacial score (nSPS) is 15.7. The summed E-state index contributed by atoms with van der Waals surface area (Å²) < 4.78 is 0. The van der Waals surface area contributed by atoms with Crippen LogP contribution in [0, 0.1) is 0 Å². The number of benzene rings is 1. The largest absolute Gasteiger partial charge is 0.326 e. The smallest absolute Gasteiger partial charge is 0.272 e. The Bertz CT molecular complexity index is 997. The Morgan fingerprint density at radius 2 is 2.07 bits per heavy atom. The molecule has 0 aliphatic heterocycles. The van der Waals surface area contributed by atoms with Crippen molar-refractivity contribution in [2.45, 2.75) is 38.8 Å². The highest BCUT2D eigenvalue weighted by atomic mass is 16.2. The molecule has 0 saturated carbocycles. The van der Waals surface area contributed by atoms with Crippen LogP contribution in [-0.2, 0) is 13.0 Å². The third kappa shape index (κ3) is 3.58. The lowest BCUT2D eigenvalue weighted by Crippen LogP contribution is -2.36. The van der Waals surface area contributed by atoms with Gasteiger partial charge < -0.3 is 4.90 Å². The lowest BCUT2D eigenvalue weighted by molar-refractivity contribution is 0.0631. The van der Waals surface area contributed by atoms with Gasteiger partial charge in [-0.25, -0.2) is 0 Å². The Balaban J connectivity index is 1.72. The van der Waals surface area contributed by atoms with E-state index < -0.39 is 0 Å². The van der Waals surface area contributed by atoms with Gasteiger partial charge >= 0.3 is 0 Å². The van der Waals surface area contributed by atoms with Gasteiger partial charge in [-0.05, 0) is 48.1 Å². The number of carbonyl (C=O) groups is 2. The number of hydrogen-bond donors (Lipinski definition) is 1. The number of nitrogens with one attached hydrogen (secondary N) is 1. The number of carbonyl (C=O) groups excluding carboxylic acids is 2. The third-order valence-corrected chi connectivity index (χ3v) is 5.22. The van der Waals surface area contributed by atoms with Crippen molar-refractivity contribution in [2.24, 2.45) is 0 Å². The summed E-state index contributed by atoms with van der Waals surface area (Å²) in [6.45, 7) is 1.88. The van der Waals surface area contributed by atoms with Gasteiger partial charge in [-0.1, -0.05) is 30.3 Å². The zero-order valence-corrected chi connectivity index (χ0v) is 15.8. The van der Waals surface area contributed by atoms with Gasteiger partial charge in [-0.15, -0.1) is 0 Å². The molecule has 0 bridgehead atoms. The van der Waals surface area contributed by atoms with E-state index in [1.807, 2.05) is 29.2 Å². The molecule has 28 heavy (non-hydrogen) atoms. The highest BCUT2D eigenvalue weighted by Crippen LogP contribution is 2.35. The Morgan fingerprint density at radius 1 is 1.21 bits per heavy atom. The second-order valence-corrected chi connectivity index (χ2v) is 7.12. The lowest BCUT2D eigenvalue weighted by atomic mass is 9.86. The zero-order valence-electron chi connectivity index (χ0n) is 15.8. The van der Waals surface area contributed by atoms with Crippen LogP contribution >= 0.6 is 0 Å². The summed E-state index contributed by atoms with van der Waals surface area (Å²) in [7, 11) is 0. The predicted molar refractivity (Wildman–Crippen MR) is 105 cm³/mol. The number of hydrogen-bond acceptors (Lipinski definition) is 4. The minimum atomic E-state index is -0.169. The molecule has 0 spiro atoms. The van der Waals surface area contributed by atoms with Crippen molar-refractivity contribution in [3.63, 3.8) is 0 Å². The summed E-state index contributed by atoms with van der Waals surface area (Å²) in [6, 6.07) is 13.7. The Kier molecular flexibility index (Phi) is 5.02. The van der Waals surface area contributed by atoms with Crippen molar-refractivity contribution in [3.05, 3.63) is 82.9 Å². The van der Waals surface area contributed by atoms with Crippen LogP contribution < -0.4 is 0 Å². The van der Waals surface area contributed by atoms with E-state index in [0.717, 1.165) is 24.8 Å². The summed E-state index contributed by atoms with van der Waals surface area (Å²) in [5, 5.41) is 6.72. The van der Waals surface area contributed by atoms with Crippen LogP contribution in [0.2, 0.25) is 0 Å². The molecular weight excluding hydrogens is 352 g/mol. The van der Waals surface area contributed by atoms with E-state index in [-0.39, 0.29) is 23.4 Å². The average Bonchev–Trinajstić information content (AvgIpc) is 3.23. The van der Waals surface area contributed by atoms with Crippen LogP contribution in [0.4, 0.5) is 0 Å². The van der Waals surface area contributed by atoms with Crippen LogP contribution in [0.1, 0.15) is 63.5 Å². The first kappa shape index (κ1) is 18.1. The SMILES string of the molecule is CC(=O)c1cc(C(=O)N(Cc2cccnc2)[C@H]2CCCc3ccccc32)[nH]n1. The topological polar surface area (TPSA) is 79.0 Å². The molecule has 2 aromatic heterocycles. The van der Waals surface area contributed by atoms with Gasteiger partial charge in [0.25, 0.3) is 5.91 Å². The number of H-pyrrole nitrogens is 1. The first-order valence-electron chi connectivity index (χ1n) is 9.47. The van der Waals surface area contributed by atoms with Crippen molar-refractivity contribution in [3.8, 4) is 0 Å². The van der Waals surface area contributed by atoms with Crippen LogP contribution in [0.5, 0.6) is 0 Å². The second kappa shape index (κ2) is 7.76. The average molecular weight is 374 g/mol. The minimum absolute atomic E-state index is 0.0262. The van der Waals surface area contributed by atoms with E-state index in [9.17, 15) is 9.59 Å². The number of amides is 1. The van der Waals surface area contributed by atoms with Crippen LogP contribution in [0.25, 0.3) is 0 Å². The highest BCUT2D eigenvalue weighted by molar-refractivity contribution is 5.97.